The molecule has 0 saturated heterocycles. The summed E-state index contributed by atoms with van der Waals surface area (Å²) < 4.78 is 7.53. The van der Waals surface area contributed by atoms with Crippen molar-refractivity contribution in [1.29, 1.82) is 0 Å². The van der Waals surface area contributed by atoms with Crippen LogP contribution in [-0.2, 0) is 0 Å². The highest BCUT2D eigenvalue weighted by Gasteiger charge is 2.22. The van der Waals surface area contributed by atoms with E-state index in [4.69, 9.17) is 0 Å². The van der Waals surface area contributed by atoms with Crippen LogP contribution in [-0.4, -0.2) is 9.13 Å². The van der Waals surface area contributed by atoms with Crippen LogP contribution in [0.25, 0.3) is 130 Å². The Balaban J connectivity index is 1.15. The number of benzene rings is 11. The number of nitrogens with zero attached hydrogens (tertiary/aromatic N) is 2. The Morgan fingerprint density at radius 2 is 0.683 bits per heavy atom. The molecule has 0 amide bonds. The number of fused-ring (bicyclic) bond motifs is 12. The predicted octanol–water partition coefficient (Wildman–Crippen LogP) is 17.0. The average Bonchev–Trinajstić information content (AvgIpc) is 4.00. The van der Waals surface area contributed by atoms with E-state index in [2.05, 4.69) is 228 Å². The largest absolute Gasteiger partial charge is 0.309 e. The van der Waals surface area contributed by atoms with Crippen molar-refractivity contribution in [3.63, 3.8) is 0 Å². The van der Waals surface area contributed by atoms with Crippen molar-refractivity contribution < 1.29 is 0 Å². The van der Waals surface area contributed by atoms with Crippen molar-refractivity contribution in [2.45, 2.75) is 0 Å². The summed E-state index contributed by atoms with van der Waals surface area (Å²) in [6, 6.07) is 81.4. The molecule has 3 aromatic heterocycles. The molecule has 0 spiro atoms. The molecule has 2 nitrogen and oxygen atoms in total. The maximum atomic E-state index is 2.46. The van der Waals surface area contributed by atoms with Crippen molar-refractivity contribution in [2.75, 3.05) is 0 Å². The van der Waals surface area contributed by atoms with Crippen molar-refractivity contribution in [1.82, 2.24) is 9.13 Å². The Hall–Kier alpha value is -7.98. The molecule has 0 bridgehead atoms. The fraction of sp³-hybridized carbons (Fsp3) is 0. The van der Waals surface area contributed by atoms with Gasteiger partial charge in [-0.2, -0.15) is 0 Å². The number of aromatic nitrogens is 2. The van der Waals surface area contributed by atoms with Gasteiger partial charge in [0.05, 0.1) is 22.1 Å². The molecule has 0 aliphatic heterocycles. The van der Waals surface area contributed by atoms with Crippen LogP contribution < -0.4 is 0 Å². The fourth-order valence-electron chi connectivity index (χ4n) is 10.7. The number of hydrogen-bond acceptors (Lipinski definition) is 1. The maximum Gasteiger partial charge on any atom is 0.0541 e. The molecule has 0 fully saturated rings. The molecular weight excluding hydrogens is 781 g/mol. The molecule has 0 atom stereocenters. The van der Waals surface area contributed by atoms with E-state index in [1.165, 1.54) is 118 Å². The molecule has 0 unspecified atom stereocenters. The Bertz CT molecular complexity index is 4110. The summed E-state index contributed by atoms with van der Waals surface area (Å²) in [4.78, 5) is 0. The second-order valence-corrected chi connectivity index (χ2v) is 17.9. The lowest BCUT2D eigenvalue weighted by Crippen LogP contribution is -1.98. The third-order valence-corrected chi connectivity index (χ3v) is 14.6. The summed E-state index contributed by atoms with van der Waals surface area (Å²) in [6.07, 6.45) is 0. The van der Waals surface area contributed by atoms with Gasteiger partial charge in [0, 0.05) is 53.1 Å². The zero-order chi connectivity index (χ0) is 41.2. The molecule has 0 aliphatic rings. The van der Waals surface area contributed by atoms with E-state index < -0.39 is 0 Å². The molecule has 292 valence electrons. The van der Waals surface area contributed by atoms with Gasteiger partial charge in [-0.1, -0.05) is 146 Å². The molecule has 14 aromatic rings. The smallest absolute Gasteiger partial charge is 0.0541 e. The van der Waals surface area contributed by atoms with Crippen molar-refractivity contribution in [3.8, 4) is 33.6 Å². The third-order valence-electron chi connectivity index (χ3n) is 13.5. The van der Waals surface area contributed by atoms with E-state index >= 15 is 0 Å². The minimum absolute atomic E-state index is 1.15. The maximum absolute atomic E-state index is 2.46. The van der Waals surface area contributed by atoms with Crippen molar-refractivity contribution >= 4 is 107 Å². The molecule has 0 aliphatic carbocycles. The molecule has 63 heavy (non-hydrogen) atoms. The molecule has 14 rings (SSSR count). The summed E-state index contributed by atoms with van der Waals surface area (Å²) in [5, 5.41) is 15.0. The van der Waals surface area contributed by atoms with Crippen LogP contribution in [0.15, 0.2) is 218 Å². The zero-order valence-corrected chi connectivity index (χ0v) is 34.9. The Kier molecular flexibility index (Phi) is 7.30. The first-order valence-corrected chi connectivity index (χ1v) is 22.5. The molecule has 0 saturated carbocycles. The van der Waals surface area contributed by atoms with E-state index in [-0.39, 0.29) is 0 Å². The van der Waals surface area contributed by atoms with Gasteiger partial charge in [-0.05, 0) is 127 Å². The Morgan fingerprint density at radius 1 is 0.254 bits per heavy atom. The van der Waals surface area contributed by atoms with Gasteiger partial charge in [0.15, 0.2) is 0 Å². The van der Waals surface area contributed by atoms with Crippen molar-refractivity contribution in [2.24, 2.45) is 0 Å². The fourth-order valence-corrected chi connectivity index (χ4v) is 11.8. The van der Waals surface area contributed by atoms with Gasteiger partial charge in [-0.15, -0.1) is 11.3 Å². The van der Waals surface area contributed by atoms with Crippen LogP contribution in [0.3, 0.4) is 0 Å². The average molecular weight is 817 g/mol. The SMILES string of the molecule is c1ccc2cc(-c3c4ccc(-n5c6ccccc6c6ccccc65)cc4c(-c4ccc5sc6ccccc6c5c4)c4ccc(-n5c6ccccc6c6ccccc65)cc34)ccc2c1. The first kappa shape index (κ1) is 34.7. The van der Waals surface area contributed by atoms with Gasteiger partial charge in [-0.25, -0.2) is 0 Å². The molecule has 11 aromatic carbocycles. The highest BCUT2D eigenvalue weighted by molar-refractivity contribution is 7.25. The van der Waals surface area contributed by atoms with Crippen molar-refractivity contribution in [3.05, 3.63) is 218 Å². The van der Waals surface area contributed by atoms with Gasteiger partial charge >= 0.3 is 0 Å². The molecule has 3 heteroatoms. The van der Waals surface area contributed by atoms with Gasteiger partial charge in [0.25, 0.3) is 0 Å². The highest BCUT2D eigenvalue weighted by atomic mass is 32.1. The number of hydrogen-bond donors (Lipinski definition) is 0. The monoisotopic (exact) mass is 816 g/mol. The van der Waals surface area contributed by atoms with Crippen LogP contribution in [0, 0.1) is 0 Å². The second kappa shape index (κ2) is 13.3. The van der Waals surface area contributed by atoms with Gasteiger partial charge in [0.1, 0.15) is 0 Å². The van der Waals surface area contributed by atoms with E-state index in [0.29, 0.717) is 0 Å². The molecular formula is C60H36N2S. The zero-order valence-electron chi connectivity index (χ0n) is 34.1. The number of rotatable bonds is 4. The van der Waals surface area contributed by atoms with Crippen LogP contribution in [0.4, 0.5) is 0 Å². The van der Waals surface area contributed by atoms with E-state index in [1.807, 2.05) is 11.3 Å². The lowest BCUT2D eigenvalue weighted by atomic mass is 9.85. The van der Waals surface area contributed by atoms with Gasteiger partial charge < -0.3 is 9.13 Å². The van der Waals surface area contributed by atoms with Crippen LogP contribution in [0.2, 0.25) is 0 Å². The first-order valence-electron chi connectivity index (χ1n) is 21.7. The topological polar surface area (TPSA) is 9.86 Å². The summed E-state index contributed by atoms with van der Waals surface area (Å²) in [6.45, 7) is 0. The summed E-state index contributed by atoms with van der Waals surface area (Å²) >= 11 is 1.87. The predicted molar refractivity (Wildman–Crippen MR) is 271 cm³/mol. The van der Waals surface area contributed by atoms with Crippen LogP contribution in [0.1, 0.15) is 0 Å². The quantitative estimate of drug-likeness (QED) is 0.157. The molecule has 0 radical (unpaired) electrons. The normalized spacial score (nSPS) is 12.1. The van der Waals surface area contributed by atoms with Crippen LogP contribution >= 0.6 is 11.3 Å². The molecule has 0 N–H and O–H groups in total. The van der Waals surface area contributed by atoms with Gasteiger partial charge in [-0.3, -0.25) is 0 Å². The number of thiophene rings is 1. The Morgan fingerprint density at radius 3 is 1.24 bits per heavy atom. The van der Waals surface area contributed by atoms with E-state index in [1.54, 1.807) is 0 Å². The van der Waals surface area contributed by atoms with E-state index in [9.17, 15) is 0 Å². The number of para-hydroxylation sites is 4. The minimum Gasteiger partial charge on any atom is -0.309 e. The summed E-state index contributed by atoms with van der Waals surface area (Å²) in [5.74, 6) is 0. The standard InChI is InChI=1S/C60H36N2S/c1-2-14-38-33-39(26-25-37(38)13-1)59-48-30-28-42(62-55-22-10-5-17-45(55)46-18-6-11-23-56(46)62)36-52(48)60(40-27-32-58-50(34-40)47-19-7-12-24-57(47)63-58)49-31-29-41(35-51(49)59)61-53-20-8-3-15-43(53)44-16-4-9-21-54(44)61/h1-36H. The second-order valence-electron chi connectivity index (χ2n) is 16.8. The first-order chi connectivity index (χ1) is 31.2. The van der Waals surface area contributed by atoms with E-state index in [0.717, 1.165) is 11.4 Å². The van der Waals surface area contributed by atoms with Gasteiger partial charge in [0.2, 0.25) is 0 Å². The molecule has 3 heterocycles. The summed E-state index contributed by atoms with van der Waals surface area (Å²) in [7, 11) is 0. The highest BCUT2D eigenvalue weighted by Crippen LogP contribution is 2.48. The lowest BCUT2D eigenvalue weighted by Gasteiger charge is -2.21. The lowest BCUT2D eigenvalue weighted by molar-refractivity contribution is 1.18. The minimum atomic E-state index is 1.15. The summed E-state index contributed by atoms with van der Waals surface area (Å²) in [5.41, 5.74) is 12.0. The third kappa shape index (κ3) is 5.06. The van der Waals surface area contributed by atoms with Crippen LogP contribution in [0.5, 0.6) is 0 Å². The Labute approximate surface area is 366 Å².